The van der Waals surface area contributed by atoms with Crippen LogP contribution in [0.15, 0.2) is 71.3 Å². The summed E-state index contributed by atoms with van der Waals surface area (Å²) in [6.45, 7) is 5.40. The Hall–Kier alpha value is -4.17. The van der Waals surface area contributed by atoms with Crippen molar-refractivity contribution in [1.29, 1.82) is 0 Å². The average molecular weight is 537 g/mol. The molecule has 0 radical (unpaired) electrons. The Morgan fingerprint density at radius 2 is 1.84 bits per heavy atom. The molecule has 0 saturated carbocycles. The molecule has 0 spiro atoms. The van der Waals surface area contributed by atoms with Crippen LogP contribution in [0.2, 0.25) is 5.02 Å². The summed E-state index contributed by atoms with van der Waals surface area (Å²) in [7, 11) is 0. The molecule has 4 aromatic rings. The van der Waals surface area contributed by atoms with Crippen LogP contribution >= 0.6 is 11.6 Å². The normalized spacial score (nSPS) is 11.6. The van der Waals surface area contributed by atoms with E-state index in [1.165, 1.54) is 6.07 Å². The van der Waals surface area contributed by atoms with Gasteiger partial charge in [0.15, 0.2) is 5.76 Å². The fraction of sp³-hybridized carbons (Fsp3) is 0.207. The number of hydrogen-bond acceptors (Lipinski definition) is 6. The summed E-state index contributed by atoms with van der Waals surface area (Å²) in [6.07, 6.45) is -1.27. The number of carbonyl (C=O) groups excluding carboxylic acids is 2. The first kappa shape index (κ1) is 26.9. The second-order valence-corrected chi connectivity index (χ2v) is 8.95. The number of halogens is 2. The summed E-state index contributed by atoms with van der Waals surface area (Å²) >= 11 is 6.21. The van der Waals surface area contributed by atoms with Crippen molar-refractivity contribution < 1.29 is 28.0 Å². The molecule has 1 heterocycles. The van der Waals surface area contributed by atoms with Crippen molar-refractivity contribution in [1.82, 2.24) is 5.16 Å². The number of nitrogens with zero attached hydrogens (tertiary/aromatic N) is 1. The monoisotopic (exact) mass is 536 g/mol. The Labute approximate surface area is 224 Å². The third-order valence-corrected chi connectivity index (χ3v) is 6.18. The second kappa shape index (κ2) is 11.9. The molecule has 9 heteroatoms. The fourth-order valence-electron chi connectivity index (χ4n) is 3.98. The van der Waals surface area contributed by atoms with E-state index in [1.54, 1.807) is 75.4 Å². The maximum Gasteiger partial charge on any atom is 0.412 e. The molecular formula is C29H26ClFN2O5. The SMILES string of the molecule is CCOC(=O)Cc1ccc(F)c(-c2cccc(-c3onc(C)c3NC(=O)OC(C)c3ccccc3Cl)c2)c1. The van der Waals surface area contributed by atoms with Crippen molar-refractivity contribution in [3.05, 3.63) is 94.4 Å². The van der Waals surface area contributed by atoms with E-state index in [1.807, 2.05) is 6.07 Å². The molecule has 1 amide bonds. The van der Waals surface area contributed by atoms with Crippen LogP contribution in [0.5, 0.6) is 0 Å². The number of nitrogens with one attached hydrogen (secondary N) is 1. The molecule has 0 fully saturated rings. The van der Waals surface area contributed by atoms with E-state index in [-0.39, 0.29) is 24.8 Å². The predicted octanol–water partition coefficient (Wildman–Crippen LogP) is 7.52. The summed E-state index contributed by atoms with van der Waals surface area (Å²) in [6, 6.07) is 18.5. The molecular weight excluding hydrogens is 511 g/mol. The minimum atomic E-state index is -0.709. The van der Waals surface area contributed by atoms with Gasteiger partial charge in [0.1, 0.15) is 23.3 Å². The molecule has 0 aliphatic rings. The zero-order valence-corrected chi connectivity index (χ0v) is 21.8. The molecule has 1 N–H and O–H groups in total. The number of aryl methyl sites for hydroxylation is 1. The number of ether oxygens (including phenoxy) is 2. The standard InChI is InChI=1S/C29H26ClFN2O5/c1-4-36-26(34)15-19-12-13-25(31)23(14-19)20-8-7-9-21(16-20)28-27(17(2)33-38-28)32-29(35)37-18(3)22-10-5-6-11-24(22)30/h5-14,16,18H,4,15H2,1-3H3,(H,32,35). The Kier molecular flexibility index (Phi) is 8.43. The first-order valence-electron chi connectivity index (χ1n) is 12.0. The Morgan fingerprint density at radius 1 is 1.08 bits per heavy atom. The predicted molar refractivity (Wildman–Crippen MR) is 142 cm³/mol. The lowest BCUT2D eigenvalue weighted by atomic mass is 9.98. The first-order valence-corrected chi connectivity index (χ1v) is 12.4. The average Bonchev–Trinajstić information content (AvgIpc) is 3.25. The Balaban J connectivity index is 1.57. The Bertz CT molecular complexity index is 1470. The van der Waals surface area contributed by atoms with Crippen LogP contribution in [0.1, 0.15) is 36.8 Å². The maximum atomic E-state index is 14.8. The highest BCUT2D eigenvalue weighted by Crippen LogP contribution is 2.35. The number of carbonyl (C=O) groups is 2. The van der Waals surface area contributed by atoms with Gasteiger partial charge in [-0.15, -0.1) is 0 Å². The van der Waals surface area contributed by atoms with Gasteiger partial charge in [0.2, 0.25) is 0 Å². The third-order valence-electron chi connectivity index (χ3n) is 5.84. The van der Waals surface area contributed by atoms with Crippen molar-refractivity contribution in [3.8, 4) is 22.5 Å². The van der Waals surface area contributed by atoms with Gasteiger partial charge in [0.25, 0.3) is 0 Å². The number of hydrogen-bond donors (Lipinski definition) is 1. The van der Waals surface area contributed by atoms with E-state index in [0.29, 0.717) is 44.2 Å². The number of anilines is 1. The molecule has 0 bridgehead atoms. The van der Waals surface area contributed by atoms with Crippen LogP contribution in [0.25, 0.3) is 22.5 Å². The molecule has 4 rings (SSSR count). The van der Waals surface area contributed by atoms with Crippen molar-refractivity contribution in [2.75, 3.05) is 11.9 Å². The highest BCUT2D eigenvalue weighted by atomic mass is 35.5. The van der Waals surface area contributed by atoms with Crippen molar-refractivity contribution in [2.24, 2.45) is 0 Å². The summed E-state index contributed by atoms with van der Waals surface area (Å²) < 4.78 is 30.8. The van der Waals surface area contributed by atoms with Gasteiger partial charge >= 0.3 is 12.1 Å². The molecule has 1 atom stereocenters. The van der Waals surface area contributed by atoms with Gasteiger partial charge in [-0.25, -0.2) is 9.18 Å². The third kappa shape index (κ3) is 6.20. The van der Waals surface area contributed by atoms with Crippen molar-refractivity contribution >= 4 is 29.4 Å². The van der Waals surface area contributed by atoms with E-state index >= 15 is 0 Å². The van der Waals surface area contributed by atoms with Gasteiger partial charge in [0, 0.05) is 21.7 Å². The van der Waals surface area contributed by atoms with Crippen LogP contribution in [0, 0.1) is 12.7 Å². The van der Waals surface area contributed by atoms with Crippen LogP contribution < -0.4 is 5.32 Å². The van der Waals surface area contributed by atoms with Gasteiger partial charge < -0.3 is 14.0 Å². The number of amides is 1. The van der Waals surface area contributed by atoms with Crippen LogP contribution in [0.3, 0.4) is 0 Å². The molecule has 0 aliphatic heterocycles. The van der Waals surface area contributed by atoms with E-state index in [2.05, 4.69) is 10.5 Å². The highest BCUT2D eigenvalue weighted by Gasteiger charge is 2.21. The van der Waals surface area contributed by atoms with Crippen molar-refractivity contribution in [2.45, 2.75) is 33.3 Å². The number of benzene rings is 3. The van der Waals surface area contributed by atoms with Crippen LogP contribution in [-0.2, 0) is 20.7 Å². The maximum absolute atomic E-state index is 14.8. The second-order valence-electron chi connectivity index (χ2n) is 8.54. The number of esters is 1. The van der Waals surface area contributed by atoms with Gasteiger partial charge in [-0.05, 0) is 56.2 Å². The molecule has 3 aromatic carbocycles. The molecule has 1 unspecified atom stereocenters. The lowest BCUT2D eigenvalue weighted by Gasteiger charge is -2.15. The topological polar surface area (TPSA) is 90.7 Å². The van der Waals surface area contributed by atoms with Gasteiger partial charge in [-0.1, -0.05) is 59.2 Å². The van der Waals surface area contributed by atoms with E-state index in [9.17, 15) is 14.0 Å². The number of aromatic nitrogens is 1. The zero-order chi connectivity index (χ0) is 27.2. The zero-order valence-electron chi connectivity index (χ0n) is 21.1. The molecule has 7 nitrogen and oxygen atoms in total. The summed E-state index contributed by atoms with van der Waals surface area (Å²) in [5, 5.41) is 7.19. The lowest BCUT2D eigenvalue weighted by Crippen LogP contribution is -2.17. The summed E-state index contributed by atoms with van der Waals surface area (Å²) in [4.78, 5) is 24.6. The van der Waals surface area contributed by atoms with E-state index in [0.717, 1.165) is 0 Å². The quantitative estimate of drug-likeness (QED) is 0.234. The van der Waals surface area contributed by atoms with E-state index in [4.69, 9.17) is 25.6 Å². The van der Waals surface area contributed by atoms with Gasteiger partial charge in [-0.3, -0.25) is 10.1 Å². The molecule has 38 heavy (non-hydrogen) atoms. The van der Waals surface area contributed by atoms with Gasteiger partial charge in [-0.2, -0.15) is 0 Å². The highest BCUT2D eigenvalue weighted by molar-refractivity contribution is 6.31. The van der Waals surface area contributed by atoms with Crippen LogP contribution in [0.4, 0.5) is 14.9 Å². The van der Waals surface area contributed by atoms with Crippen LogP contribution in [-0.4, -0.2) is 23.8 Å². The molecule has 0 aliphatic carbocycles. The molecule has 196 valence electrons. The lowest BCUT2D eigenvalue weighted by molar-refractivity contribution is -0.142. The number of rotatable bonds is 8. The smallest absolute Gasteiger partial charge is 0.412 e. The van der Waals surface area contributed by atoms with E-state index < -0.39 is 18.0 Å². The largest absolute Gasteiger partial charge is 0.466 e. The Morgan fingerprint density at radius 3 is 2.61 bits per heavy atom. The van der Waals surface area contributed by atoms with Gasteiger partial charge in [0.05, 0.1) is 13.0 Å². The summed E-state index contributed by atoms with van der Waals surface area (Å²) in [5.41, 5.74) is 3.50. The molecule has 1 aromatic heterocycles. The fourth-order valence-corrected chi connectivity index (χ4v) is 4.27. The minimum Gasteiger partial charge on any atom is -0.466 e. The molecule has 0 saturated heterocycles. The first-order chi connectivity index (χ1) is 18.3. The minimum absolute atomic E-state index is 0.0326. The summed E-state index contributed by atoms with van der Waals surface area (Å²) in [5.74, 6) is -0.545. The van der Waals surface area contributed by atoms with Crippen molar-refractivity contribution in [3.63, 3.8) is 0 Å².